The van der Waals surface area contributed by atoms with Crippen LogP contribution in [-0.2, 0) is 4.79 Å². The number of hydrogen-bond acceptors (Lipinski definition) is 3. The highest BCUT2D eigenvalue weighted by molar-refractivity contribution is 7.10. The van der Waals surface area contributed by atoms with Crippen molar-refractivity contribution in [2.75, 3.05) is 13.1 Å². The first-order chi connectivity index (χ1) is 8.20. The van der Waals surface area contributed by atoms with Gasteiger partial charge in [-0.3, -0.25) is 9.69 Å². The van der Waals surface area contributed by atoms with Crippen LogP contribution in [0.5, 0.6) is 0 Å². The van der Waals surface area contributed by atoms with Gasteiger partial charge < -0.3 is 5.11 Å². The monoisotopic (exact) mass is 253 g/mol. The number of nitrogens with zero attached hydrogens (tertiary/aromatic N) is 1. The second-order valence-electron chi connectivity index (χ2n) is 4.69. The van der Waals surface area contributed by atoms with E-state index in [-0.39, 0.29) is 0 Å². The average Bonchev–Trinajstić information content (AvgIpc) is 2.90. The first-order valence-corrected chi connectivity index (χ1v) is 7.08. The largest absolute Gasteiger partial charge is 0.481 e. The van der Waals surface area contributed by atoms with Crippen molar-refractivity contribution in [1.82, 2.24) is 4.90 Å². The van der Waals surface area contributed by atoms with Crippen molar-refractivity contribution < 1.29 is 9.90 Å². The predicted octanol–water partition coefficient (Wildman–Crippen LogP) is 3.00. The summed E-state index contributed by atoms with van der Waals surface area (Å²) in [6.07, 6.45) is 2.44. The van der Waals surface area contributed by atoms with E-state index in [0.717, 1.165) is 25.9 Å². The Labute approximate surface area is 106 Å². The molecule has 1 fully saturated rings. The lowest BCUT2D eigenvalue weighted by molar-refractivity contribution is -0.138. The third-order valence-corrected chi connectivity index (χ3v) is 4.45. The molecular weight excluding hydrogens is 234 g/mol. The van der Waals surface area contributed by atoms with Crippen molar-refractivity contribution >= 4 is 17.3 Å². The van der Waals surface area contributed by atoms with Crippen LogP contribution in [0.2, 0.25) is 0 Å². The summed E-state index contributed by atoms with van der Waals surface area (Å²) in [5.41, 5.74) is 0. The fraction of sp³-hybridized carbons (Fsp3) is 0.615. The summed E-state index contributed by atoms with van der Waals surface area (Å²) in [7, 11) is 0. The normalized spacial score (nSPS) is 22.8. The van der Waals surface area contributed by atoms with Crippen molar-refractivity contribution in [3.8, 4) is 0 Å². The number of hydrogen-bond donors (Lipinski definition) is 1. The van der Waals surface area contributed by atoms with Gasteiger partial charge in [-0.2, -0.15) is 0 Å². The van der Waals surface area contributed by atoms with Gasteiger partial charge in [0, 0.05) is 23.9 Å². The zero-order valence-corrected chi connectivity index (χ0v) is 10.9. The van der Waals surface area contributed by atoms with Crippen LogP contribution >= 0.6 is 11.3 Å². The summed E-state index contributed by atoms with van der Waals surface area (Å²) < 4.78 is 0. The second kappa shape index (κ2) is 5.65. The van der Waals surface area contributed by atoms with Gasteiger partial charge in [0.2, 0.25) is 0 Å². The molecule has 2 rings (SSSR count). The molecule has 4 heteroatoms. The number of aliphatic carboxylic acids is 1. The maximum absolute atomic E-state index is 10.7. The Morgan fingerprint density at radius 3 is 3.12 bits per heavy atom. The molecule has 1 N–H and O–H groups in total. The van der Waals surface area contributed by atoms with Gasteiger partial charge >= 0.3 is 5.97 Å². The van der Waals surface area contributed by atoms with Crippen molar-refractivity contribution in [2.45, 2.75) is 32.2 Å². The third-order valence-electron chi connectivity index (χ3n) is 3.48. The van der Waals surface area contributed by atoms with E-state index in [2.05, 4.69) is 29.3 Å². The van der Waals surface area contributed by atoms with E-state index in [1.165, 1.54) is 4.88 Å². The minimum absolute atomic E-state index is 0.317. The van der Waals surface area contributed by atoms with Crippen LogP contribution in [0.15, 0.2) is 17.5 Å². The molecule has 3 nitrogen and oxygen atoms in total. The molecule has 0 spiro atoms. The molecule has 1 saturated heterocycles. The minimum atomic E-state index is -0.666. The molecule has 1 aliphatic rings. The van der Waals surface area contributed by atoms with Crippen molar-refractivity contribution in [3.63, 3.8) is 0 Å². The van der Waals surface area contributed by atoms with E-state index in [9.17, 15) is 4.79 Å². The van der Waals surface area contributed by atoms with Gasteiger partial charge in [0.25, 0.3) is 0 Å². The topological polar surface area (TPSA) is 40.5 Å². The summed E-state index contributed by atoms with van der Waals surface area (Å²) in [5.74, 6) is -0.331. The summed E-state index contributed by atoms with van der Waals surface area (Å²) in [4.78, 5) is 14.6. The second-order valence-corrected chi connectivity index (χ2v) is 5.67. The predicted molar refractivity (Wildman–Crippen MR) is 69.3 cm³/mol. The highest BCUT2D eigenvalue weighted by atomic mass is 32.1. The van der Waals surface area contributed by atoms with Crippen molar-refractivity contribution in [1.29, 1.82) is 0 Å². The first kappa shape index (κ1) is 12.6. The quantitative estimate of drug-likeness (QED) is 0.877. The third kappa shape index (κ3) is 3.07. The van der Waals surface area contributed by atoms with Gasteiger partial charge in [0.15, 0.2) is 0 Å². The van der Waals surface area contributed by atoms with Gasteiger partial charge in [-0.15, -0.1) is 11.3 Å². The van der Waals surface area contributed by atoms with E-state index in [0.29, 0.717) is 18.4 Å². The van der Waals surface area contributed by atoms with Crippen molar-refractivity contribution in [3.05, 3.63) is 22.4 Å². The highest BCUT2D eigenvalue weighted by Crippen LogP contribution is 2.33. The van der Waals surface area contributed by atoms with E-state index in [1.807, 2.05) is 0 Å². The fourth-order valence-corrected chi connectivity index (χ4v) is 3.62. The molecule has 2 atom stereocenters. The molecule has 17 heavy (non-hydrogen) atoms. The van der Waals surface area contributed by atoms with Gasteiger partial charge in [-0.1, -0.05) is 13.0 Å². The lowest BCUT2D eigenvalue weighted by Gasteiger charge is -2.25. The zero-order valence-electron chi connectivity index (χ0n) is 10.1. The molecular formula is C13H19NO2S. The molecule has 2 unspecified atom stereocenters. The molecule has 0 bridgehead atoms. The Morgan fingerprint density at radius 1 is 1.71 bits per heavy atom. The van der Waals surface area contributed by atoms with E-state index < -0.39 is 5.97 Å². The molecule has 0 radical (unpaired) electrons. The molecule has 1 aliphatic heterocycles. The van der Waals surface area contributed by atoms with Gasteiger partial charge in [0.1, 0.15) is 0 Å². The van der Waals surface area contributed by atoms with Crippen LogP contribution in [0, 0.1) is 5.92 Å². The summed E-state index contributed by atoms with van der Waals surface area (Å²) in [6, 6.07) is 4.75. The number of likely N-dealkylation sites (tertiary alicyclic amines) is 1. The molecule has 0 saturated carbocycles. The summed E-state index contributed by atoms with van der Waals surface area (Å²) in [5, 5.41) is 10.9. The molecule has 94 valence electrons. The molecule has 0 aromatic carbocycles. The number of carboxylic acid groups (broad SMARTS) is 1. The summed E-state index contributed by atoms with van der Waals surface area (Å²) in [6.45, 7) is 4.17. The van der Waals surface area contributed by atoms with Crippen LogP contribution < -0.4 is 0 Å². The maximum Gasteiger partial charge on any atom is 0.303 e. The standard InChI is InChI=1S/C13H19NO2S/c1-2-11(12-4-3-7-17-12)14-6-5-10(9-14)8-13(15)16/h3-4,7,10-11H,2,5-6,8-9H2,1H3,(H,15,16). The highest BCUT2D eigenvalue weighted by Gasteiger charge is 2.29. The Kier molecular flexibility index (Phi) is 4.18. The Hall–Kier alpha value is -0.870. The average molecular weight is 253 g/mol. The molecule has 0 aliphatic carbocycles. The van der Waals surface area contributed by atoms with Gasteiger partial charge in [-0.25, -0.2) is 0 Å². The van der Waals surface area contributed by atoms with Crippen LogP contribution in [0.3, 0.4) is 0 Å². The minimum Gasteiger partial charge on any atom is -0.481 e. The Balaban J connectivity index is 1.96. The molecule has 1 aromatic heterocycles. The smallest absolute Gasteiger partial charge is 0.303 e. The Morgan fingerprint density at radius 2 is 2.53 bits per heavy atom. The molecule has 0 amide bonds. The van der Waals surface area contributed by atoms with Gasteiger partial charge in [-0.05, 0) is 36.8 Å². The van der Waals surface area contributed by atoms with Gasteiger partial charge in [0.05, 0.1) is 0 Å². The maximum atomic E-state index is 10.7. The lowest BCUT2D eigenvalue weighted by Crippen LogP contribution is -2.26. The van der Waals surface area contributed by atoms with Crippen LogP contribution in [0.25, 0.3) is 0 Å². The number of carboxylic acids is 1. The summed E-state index contributed by atoms with van der Waals surface area (Å²) >= 11 is 1.80. The van der Waals surface area contributed by atoms with Crippen LogP contribution in [-0.4, -0.2) is 29.1 Å². The van der Waals surface area contributed by atoms with Crippen LogP contribution in [0.1, 0.15) is 37.1 Å². The number of carbonyl (C=O) groups is 1. The Bertz CT molecular complexity index is 364. The number of thiophene rings is 1. The fourth-order valence-electron chi connectivity index (χ4n) is 2.68. The van der Waals surface area contributed by atoms with Crippen molar-refractivity contribution in [2.24, 2.45) is 5.92 Å². The zero-order chi connectivity index (χ0) is 12.3. The number of rotatable bonds is 5. The molecule has 2 heterocycles. The van der Waals surface area contributed by atoms with Crippen LogP contribution in [0.4, 0.5) is 0 Å². The van der Waals surface area contributed by atoms with E-state index in [4.69, 9.17) is 5.11 Å². The molecule has 1 aromatic rings. The van der Waals surface area contributed by atoms with E-state index in [1.54, 1.807) is 11.3 Å². The lowest BCUT2D eigenvalue weighted by atomic mass is 10.1. The SMILES string of the molecule is CCC(c1cccs1)N1CCC(CC(=O)O)C1. The van der Waals surface area contributed by atoms with E-state index >= 15 is 0 Å². The first-order valence-electron chi connectivity index (χ1n) is 6.20.